The summed E-state index contributed by atoms with van der Waals surface area (Å²) in [4.78, 5) is 0. The number of phenolic OH excluding ortho intramolecular Hbond substituents is 1. The van der Waals surface area contributed by atoms with Crippen molar-refractivity contribution in [3.63, 3.8) is 0 Å². The number of hydrogen-bond acceptors (Lipinski definition) is 1. The fourth-order valence-electron chi connectivity index (χ4n) is 5.00. The zero-order chi connectivity index (χ0) is 21.4. The molecule has 0 atom stereocenters. The van der Waals surface area contributed by atoms with E-state index in [0.717, 1.165) is 33.1 Å². The summed E-state index contributed by atoms with van der Waals surface area (Å²) in [5.74, 6) is -0.0441. The van der Waals surface area contributed by atoms with Gasteiger partial charge >= 0.3 is 0 Å². The second-order valence-electron chi connectivity index (χ2n) is 8.15. The van der Waals surface area contributed by atoms with Crippen LogP contribution in [0.25, 0.3) is 49.3 Å². The lowest BCUT2D eigenvalue weighted by atomic mass is 9.80. The summed E-state index contributed by atoms with van der Waals surface area (Å²) < 4.78 is 4.42. The van der Waals surface area contributed by atoms with Crippen LogP contribution in [0.5, 0.6) is 5.75 Å². The van der Waals surface area contributed by atoms with Crippen molar-refractivity contribution in [2.24, 2.45) is 7.05 Å². The number of nitrogens with zero attached hydrogens (tertiary/aromatic N) is 2. The first-order valence-electron chi connectivity index (χ1n) is 10.3. The molecule has 4 aromatic carbocycles. The number of para-hydroxylation sites is 2. The molecule has 5 heteroatoms. The minimum Gasteiger partial charge on any atom is -0.509 e. The molecule has 0 fully saturated rings. The molecule has 0 saturated carbocycles. The zero-order valence-electron chi connectivity index (χ0n) is 17.3. The second-order valence-corrected chi connectivity index (χ2v) is 8.15. The molecule has 0 aliphatic carbocycles. The maximum absolute atomic E-state index is 10.5. The van der Waals surface area contributed by atoms with Crippen molar-refractivity contribution in [1.29, 1.82) is 0 Å². The van der Waals surface area contributed by atoms with Crippen LogP contribution in [0.1, 0.15) is 5.56 Å². The highest BCUT2D eigenvalue weighted by Crippen LogP contribution is 2.36. The molecule has 0 unspecified atom stereocenters. The molecular formula is C26H18B2N2O. The van der Waals surface area contributed by atoms with E-state index in [0.29, 0.717) is 10.9 Å². The monoisotopic (exact) mass is 396 g/mol. The lowest BCUT2D eigenvalue weighted by Crippen LogP contribution is -2.19. The summed E-state index contributed by atoms with van der Waals surface area (Å²) in [5.41, 5.74) is 6.81. The Morgan fingerprint density at radius 3 is 2.16 bits per heavy atom. The summed E-state index contributed by atoms with van der Waals surface area (Å²) in [7, 11) is 14.7. The molecule has 0 aliphatic heterocycles. The van der Waals surface area contributed by atoms with Gasteiger partial charge < -0.3 is 14.2 Å². The number of hydrogen-bond donors (Lipinski definition) is 1. The summed E-state index contributed by atoms with van der Waals surface area (Å²) >= 11 is 0. The van der Waals surface area contributed by atoms with Crippen LogP contribution in [0.3, 0.4) is 0 Å². The SMILES string of the molecule is [B]c1c(O)c([B])c2c3ccccc3n(-c3ccc4c(c3)c3ccccc3n4C)c2c1C. The quantitative estimate of drug-likeness (QED) is 0.418. The number of fused-ring (bicyclic) bond motifs is 6. The largest absolute Gasteiger partial charge is 0.509 e. The van der Waals surface area contributed by atoms with Gasteiger partial charge in [0.25, 0.3) is 0 Å². The number of phenols is 1. The highest BCUT2D eigenvalue weighted by Gasteiger charge is 2.20. The van der Waals surface area contributed by atoms with Gasteiger partial charge in [-0.25, -0.2) is 0 Å². The third kappa shape index (κ3) is 2.26. The van der Waals surface area contributed by atoms with Gasteiger partial charge in [-0.1, -0.05) is 41.9 Å². The summed E-state index contributed by atoms with van der Waals surface area (Å²) in [6.45, 7) is 1.93. The van der Waals surface area contributed by atoms with E-state index in [1.54, 1.807) is 0 Å². The standard InChI is InChI=1S/C26H18B2N2O/c1-14-23(27)26(31)24(28)22-17-8-4-6-10-21(17)30(25(14)22)15-11-12-20-18(13-15)16-7-3-5-9-19(16)29(20)2/h3-13,31H,1-2H3. The highest BCUT2D eigenvalue weighted by atomic mass is 16.3. The molecule has 31 heavy (non-hydrogen) atoms. The third-order valence-corrected chi connectivity index (χ3v) is 6.57. The van der Waals surface area contributed by atoms with Crippen LogP contribution in [-0.2, 0) is 7.05 Å². The number of aryl methyl sites for hydroxylation is 2. The average molecular weight is 396 g/mol. The van der Waals surface area contributed by atoms with Gasteiger partial charge in [-0.3, -0.25) is 0 Å². The van der Waals surface area contributed by atoms with Crippen LogP contribution >= 0.6 is 0 Å². The molecule has 0 saturated heterocycles. The second kappa shape index (κ2) is 6.21. The minimum atomic E-state index is -0.0441. The predicted molar refractivity (Wildman–Crippen MR) is 132 cm³/mol. The lowest BCUT2D eigenvalue weighted by molar-refractivity contribution is 0.484. The van der Waals surface area contributed by atoms with E-state index in [9.17, 15) is 5.11 Å². The first-order chi connectivity index (χ1) is 15.0. The first kappa shape index (κ1) is 18.2. The van der Waals surface area contributed by atoms with Crippen molar-refractivity contribution in [2.45, 2.75) is 6.92 Å². The maximum atomic E-state index is 10.5. The van der Waals surface area contributed by atoms with Gasteiger partial charge in [-0.15, -0.1) is 0 Å². The molecule has 6 rings (SSSR count). The Balaban J connectivity index is 1.81. The Morgan fingerprint density at radius 1 is 0.742 bits per heavy atom. The van der Waals surface area contributed by atoms with Crippen LogP contribution in [0, 0.1) is 6.92 Å². The first-order valence-corrected chi connectivity index (χ1v) is 10.3. The molecule has 0 amide bonds. The summed E-state index contributed by atoms with van der Waals surface area (Å²) in [6.07, 6.45) is 0. The highest BCUT2D eigenvalue weighted by molar-refractivity contribution is 6.49. The molecule has 1 N–H and O–H groups in total. The van der Waals surface area contributed by atoms with Gasteiger partial charge in [0, 0.05) is 45.3 Å². The Kier molecular flexibility index (Phi) is 3.64. The molecule has 0 spiro atoms. The number of aromatic hydroxyl groups is 1. The fourth-order valence-corrected chi connectivity index (χ4v) is 5.00. The maximum Gasteiger partial charge on any atom is 0.119 e. The predicted octanol–water partition coefficient (Wildman–Crippen LogP) is 4.03. The molecule has 0 aliphatic rings. The van der Waals surface area contributed by atoms with Crippen LogP contribution in [0.2, 0.25) is 0 Å². The van der Waals surface area contributed by atoms with E-state index in [1.807, 2.05) is 25.1 Å². The topological polar surface area (TPSA) is 30.1 Å². The fraction of sp³-hybridized carbons (Fsp3) is 0.0769. The van der Waals surface area contributed by atoms with E-state index in [2.05, 4.69) is 64.7 Å². The van der Waals surface area contributed by atoms with Crippen molar-refractivity contribution in [1.82, 2.24) is 9.13 Å². The van der Waals surface area contributed by atoms with E-state index in [4.69, 9.17) is 15.7 Å². The minimum absolute atomic E-state index is 0.0441. The van der Waals surface area contributed by atoms with Crippen molar-refractivity contribution >= 4 is 70.2 Å². The number of rotatable bonds is 1. The summed E-state index contributed by atoms with van der Waals surface area (Å²) in [6, 6.07) is 23.1. The van der Waals surface area contributed by atoms with Crippen molar-refractivity contribution in [2.75, 3.05) is 0 Å². The Bertz CT molecular complexity index is 1690. The van der Waals surface area contributed by atoms with Gasteiger partial charge in [0.05, 0.1) is 11.0 Å². The normalized spacial score (nSPS) is 11.9. The molecule has 144 valence electrons. The van der Waals surface area contributed by atoms with Gasteiger partial charge in [0.15, 0.2) is 0 Å². The smallest absolute Gasteiger partial charge is 0.119 e. The molecule has 3 nitrogen and oxygen atoms in total. The Hall–Kier alpha value is -3.59. The van der Waals surface area contributed by atoms with Crippen LogP contribution in [-0.4, -0.2) is 29.9 Å². The van der Waals surface area contributed by atoms with Gasteiger partial charge in [0.1, 0.15) is 21.4 Å². The average Bonchev–Trinajstić information content (AvgIpc) is 3.29. The molecule has 2 aromatic heterocycles. The molecule has 6 aromatic rings. The van der Waals surface area contributed by atoms with Crippen LogP contribution in [0.15, 0.2) is 66.7 Å². The number of benzene rings is 4. The van der Waals surface area contributed by atoms with Crippen molar-refractivity contribution in [3.05, 3.63) is 72.3 Å². The van der Waals surface area contributed by atoms with Crippen molar-refractivity contribution in [3.8, 4) is 11.4 Å². The molecule has 4 radical (unpaired) electrons. The van der Waals surface area contributed by atoms with Crippen LogP contribution in [0.4, 0.5) is 0 Å². The Morgan fingerprint density at radius 2 is 1.39 bits per heavy atom. The van der Waals surface area contributed by atoms with E-state index >= 15 is 0 Å². The van der Waals surface area contributed by atoms with Gasteiger partial charge in [-0.05, 0) is 48.3 Å². The van der Waals surface area contributed by atoms with E-state index < -0.39 is 0 Å². The lowest BCUT2D eigenvalue weighted by Gasteiger charge is -2.14. The zero-order valence-corrected chi connectivity index (χ0v) is 17.3. The van der Waals surface area contributed by atoms with Gasteiger partial charge in [0.2, 0.25) is 0 Å². The Labute approximate surface area is 182 Å². The summed E-state index contributed by atoms with van der Waals surface area (Å²) in [5, 5.41) is 14.8. The van der Waals surface area contributed by atoms with Crippen LogP contribution < -0.4 is 10.9 Å². The van der Waals surface area contributed by atoms with Gasteiger partial charge in [-0.2, -0.15) is 0 Å². The molecule has 2 heterocycles. The van der Waals surface area contributed by atoms with E-state index in [1.165, 1.54) is 21.8 Å². The molecular weight excluding hydrogens is 378 g/mol. The molecule has 0 bridgehead atoms. The van der Waals surface area contributed by atoms with E-state index in [-0.39, 0.29) is 5.75 Å². The number of aromatic nitrogens is 2. The van der Waals surface area contributed by atoms with Crippen molar-refractivity contribution < 1.29 is 5.11 Å². The third-order valence-electron chi connectivity index (χ3n) is 6.57.